The Hall–Kier alpha value is -0.890. The summed E-state index contributed by atoms with van der Waals surface area (Å²) >= 11 is 1.84. The minimum Gasteiger partial charge on any atom is -0.251 e. The maximum absolute atomic E-state index is 4.83. The third-order valence-corrected chi connectivity index (χ3v) is 3.84. The molecule has 0 unspecified atom stereocenters. The second kappa shape index (κ2) is 4.17. The highest BCUT2D eigenvalue weighted by Crippen LogP contribution is 2.31. The molecule has 2 heteroatoms. The second-order valence-electron chi connectivity index (χ2n) is 5.01. The van der Waals surface area contributed by atoms with E-state index in [4.69, 9.17) is 4.98 Å². The standard InChI is InChI=1S/C14H19NS/c1-8(2)11-7-13-12(6-10(5)16-13)15-14(11)9(3)4/h6-9H,1-5H3. The summed E-state index contributed by atoms with van der Waals surface area (Å²) in [6.45, 7) is 11.1. The van der Waals surface area contributed by atoms with E-state index >= 15 is 0 Å². The first-order valence-electron chi connectivity index (χ1n) is 5.90. The van der Waals surface area contributed by atoms with Crippen molar-refractivity contribution < 1.29 is 0 Å². The van der Waals surface area contributed by atoms with E-state index < -0.39 is 0 Å². The van der Waals surface area contributed by atoms with Gasteiger partial charge >= 0.3 is 0 Å². The fourth-order valence-corrected chi connectivity index (χ4v) is 2.96. The summed E-state index contributed by atoms with van der Waals surface area (Å²) < 4.78 is 1.32. The average Bonchev–Trinajstić information content (AvgIpc) is 2.54. The molecule has 2 aromatic heterocycles. The number of nitrogens with zero attached hydrogens (tertiary/aromatic N) is 1. The van der Waals surface area contributed by atoms with Gasteiger partial charge in [-0.2, -0.15) is 0 Å². The van der Waals surface area contributed by atoms with Crippen LogP contribution in [-0.2, 0) is 0 Å². The van der Waals surface area contributed by atoms with Crippen molar-refractivity contribution in [2.75, 3.05) is 0 Å². The van der Waals surface area contributed by atoms with Crippen LogP contribution in [0.3, 0.4) is 0 Å². The summed E-state index contributed by atoms with van der Waals surface area (Å²) in [5.41, 5.74) is 3.83. The van der Waals surface area contributed by atoms with E-state index in [-0.39, 0.29) is 0 Å². The normalized spacial score (nSPS) is 11.9. The first-order chi connectivity index (χ1) is 7.49. The van der Waals surface area contributed by atoms with Gasteiger partial charge in [0.25, 0.3) is 0 Å². The van der Waals surface area contributed by atoms with Crippen LogP contribution in [0, 0.1) is 6.92 Å². The molecular weight excluding hydrogens is 214 g/mol. The van der Waals surface area contributed by atoms with Gasteiger partial charge in [0, 0.05) is 10.6 Å². The average molecular weight is 233 g/mol. The van der Waals surface area contributed by atoms with E-state index in [1.807, 2.05) is 11.3 Å². The summed E-state index contributed by atoms with van der Waals surface area (Å²) in [7, 11) is 0. The number of hydrogen-bond acceptors (Lipinski definition) is 2. The van der Waals surface area contributed by atoms with Crippen molar-refractivity contribution in [3.8, 4) is 0 Å². The second-order valence-corrected chi connectivity index (χ2v) is 6.30. The zero-order valence-corrected chi connectivity index (χ0v) is 11.5. The van der Waals surface area contributed by atoms with Gasteiger partial charge < -0.3 is 0 Å². The predicted molar refractivity (Wildman–Crippen MR) is 72.5 cm³/mol. The molecule has 0 spiro atoms. The minimum absolute atomic E-state index is 0.502. The summed E-state index contributed by atoms with van der Waals surface area (Å²) in [6, 6.07) is 4.52. The third kappa shape index (κ3) is 1.99. The molecule has 0 aliphatic heterocycles. The zero-order valence-electron chi connectivity index (χ0n) is 10.7. The molecule has 0 saturated carbocycles. The molecule has 0 atom stereocenters. The van der Waals surface area contributed by atoms with Crippen LogP contribution in [0.5, 0.6) is 0 Å². The Labute approximate surface area is 102 Å². The van der Waals surface area contributed by atoms with Gasteiger partial charge in [0.05, 0.1) is 10.2 Å². The first-order valence-corrected chi connectivity index (χ1v) is 6.71. The van der Waals surface area contributed by atoms with E-state index in [0.29, 0.717) is 11.8 Å². The molecule has 0 aliphatic rings. The Bertz CT molecular complexity index is 464. The largest absolute Gasteiger partial charge is 0.251 e. The van der Waals surface area contributed by atoms with Crippen LogP contribution in [0.1, 0.15) is 55.7 Å². The van der Waals surface area contributed by atoms with Crippen LogP contribution in [-0.4, -0.2) is 4.98 Å². The Morgan fingerprint density at radius 1 is 1.06 bits per heavy atom. The van der Waals surface area contributed by atoms with Crippen LogP contribution in [0.4, 0.5) is 0 Å². The third-order valence-electron chi connectivity index (χ3n) is 2.86. The molecule has 2 heterocycles. The smallest absolute Gasteiger partial charge is 0.0816 e. The van der Waals surface area contributed by atoms with E-state index in [1.165, 1.54) is 20.8 Å². The molecule has 2 rings (SSSR count). The summed E-state index contributed by atoms with van der Waals surface area (Å²) in [5, 5.41) is 0. The molecule has 0 N–H and O–H groups in total. The van der Waals surface area contributed by atoms with Crippen molar-refractivity contribution in [3.63, 3.8) is 0 Å². The van der Waals surface area contributed by atoms with Crippen molar-refractivity contribution in [2.45, 2.75) is 46.5 Å². The minimum atomic E-state index is 0.502. The molecule has 0 amide bonds. The number of rotatable bonds is 2. The van der Waals surface area contributed by atoms with Crippen LogP contribution in [0.15, 0.2) is 12.1 Å². The number of fused-ring (bicyclic) bond motifs is 1. The Kier molecular flexibility index (Phi) is 3.02. The Morgan fingerprint density at radius 3 is 2.31 bits per heavy atom. The molecule has 0 aromatic carbocycles. The molecule has 1 nitrogen and oxygen atoms in total. The summed E-state index contributed by atoms with van der Waals surface area (Å²) in [5.74, 6) is 1.05. The maximum atomic E-state index is 4.83. The lowest BCUT2D eigenvalue weighted by molar-refractivity contribution is 0.764. The monoisotopic (exact) mass is 233 g/mol. The van der Waals surface area contributed by atoms with Gasteiger partial charge in [-0.05, 0) is 36.5 Å². The number of thiophene rings is 1. The van der Waals surface area contributed by atoms with Crippen molar-refractivity contribution in [1.29, 1.82) is 0 Å². The molecule has 2 aromatic rings. The Balaban J connectivity index is 2.70. The molecule has 0 radical (unpaired) electrons. The molecular formula is C14H19NS. The van der Waals surface area contributed by atoms with Gasteiger partial charge in [-0.1, -0.05) is 27.7 Å². The van der Waals surface area contributed by atoms with Gasteiger partial charge in [-0.3, -0.25) is 4.98 Å². The van der Waals surface area contributed by atoms with Crippen molar-refractivity contribution in [1.82, 2.24) is 4.98 Å². The van der Waals surface area contributed by atoms with Crippen LogP contribution < -0.4 is 0 Å². The van der Waals surface area contributed by atoms with E-state index in [9.17, 15) is 0 Å². The van der Waals surface area contributed by atoms with Gasteiger partial charge in [0.1, 0.15) is 0 Å². The van der Waals surface area contributed by atoms with E-state index in [2.05, 4.69) is 46.8 Å². The molecule has 0 aliphatic carbocycles. The van der Waals surface area contributed by atoms with E-state index in [1.54, 1.807) is 0 Å². The lowest BCUT2D eigenvalue weighted by Crippen LogP contribution is -2.01. The molecule has 16 heavy (non-hydrogen) atoms. The maximum Gasteiger partial charge on any atom is 0.0816 e. The molecule has 0 fully saturated rings. The molecule has 86 valence electrons. The number of aryl methyl sites for hydroxylation is 1. The zero-order chi connectivity index (χ0) is 11.9. The first kappa shape index (κ1) is 11.6. The number of pyridine rings is 1. The highest BCUT2D eigenvalue weighted by molar-refractivity contribution is 7.18. The lowest BCUT2D eigenvalue weighted by atomic mass is 9.95. The number of aromatic nitrogens is 1. The Morgan fingerprint density at radius 2 is 1.75 bits per heavy atom. The van der Waals surface area contributed by atoms with Crippen molar-refractivity contribution in [2.24, 2.45) is 0 Å². The van der Waals surface area contributed by atoms with E-state index in [0.717, 1.165) is 5.52 Å². The SMILES string of the molecule is Cc1cc2nc(C(C)C)c(C(C)C)cc2s1. The van der Waals surface area contributed by atoms with Crippen LogP contribution >= 0.6 is 11.3 Å². The summed E-state index contributed by atoms with van der Waals surface area (Å²) in [6.07, 6.45) is 0. The predicted octanol–water partition coefficient (Wildman–Crippen LogP) is 4.85. The van der Waals surface area contributed by atoms with Gasteiger partial charge in [-0.25, -0.2) is 0 Å². The van der Waals surface area contributed by atoms with Crippen molar-refractivity contribution in [3.05, 3.63) is 28.3 Å². The van der Waals surface area contributed by atoms with Crippen molar-refractivity contribution >= 4 is 21.6 Å². The fourth-order valence-electron chi connectivity index (χ4n) is 2.04. The van der Waals surface area contributed by atoms with Crippen LogP contribution in [0.25, 0.3) is 10.2 Å². The molecule has 0 saturated heterocycles. The highest BCUT2D eigenvalue weighted by Gasteiger charge is 2.14. The van der Waals surface area contributed by atoms with Crippen LogP contribution in [0.2, 0.25) is 0 Å². The summed E-state index contributed by atoms with van der Waals surface area (Å²) in [4.78, 5) is 6.17. The lowest BCUT2D eigenvalue weighted by Gasteiger charge is -2.14. The number of hydrogen-bond donors (Lipinski definition) is 0. The van der Waals surface area contributed by atoms with Gasteiger partial charge in [0.2, 0.25) is 0 Å². The van der Waals surface area contributed by atoms with Gasteiger partial charge in [0.15, 0.2) is 0 Å². The quantitative estimate of drug-likeness (QED) is 0.722. The topological polar surface area (TPSA) is 12.9 Å². The highest BCUT2D eigenvalue weighted by atomic mass is 32.1. The molecule has 0 bridgehead atoms. The van der Waals surface area contributed by atoms with Gasteiger partial charge in [-0.15, -0.1) is 11.3 Å². The fraction of sp³-hybridized carbons (Fsp3) is 0.500.